The van der Waals surface area contributed by atoms with Crippen LogP contribution in [0.3, 0.4) is 0 Å². The van der Waals surface area contributed by atoms with E-state index in [1.165, 1.54) is 6.26 Å². The highest BCUT2D eigenvalue weighted by Gasteiger charge is 2.24. The van der Waals surface area contributed by atoms with E-state index in [2.05, 4.69) is 23.6 Å². The molecule has 0 aliphatic heterocycles. The molecule has 0 spiro atoms. The van der Waals surface area contributed by atoms with E-state index >= 15 is 0 Å². The summed E-state index contributed by atoms with van der Waals surface area (Å²) in [6.45, 7) is 2.84. The van der Waals surface area contributed by atoms with Crippen LogP contribution in [-0.2, 0) is 21.0 Å². The number of nitrogens with two attached hydrogens (primary N) is 1. The third kappa shape index (κ3) is 6.37. The van der Waals surface area contributed by atoms with Crippen LogP contribution in [0, 0.1) is 5.92 Å². The van der Waals surface area contributed by atoms with Crippen molar-refractivity contribution in [2.24, 2.45) is 5.92 Å². The highest BCUT2D eigenvalue weighted by atomic mass is 32.2. The van der Waals surface area contributed by atoms with Crippen molar-refractivity contribution >= 4 is 55.2 Å². The van der Waals surface area contributed by atoms with E-state index in [0.717, 1.165) is 53.2 Å². The van der Waals surface area contributed by atoms with E-state index in [4.69, 9.17) is 22.7 Å². The van der Waals surface area contributed by atoms with Gasteiger partial charge in [0, 0.05) is 31.4 Å². The van der Waals surface area contributed by atoms with Gasteiger partial charge in [-0.2, -0.15) is 0 Å². The molecule has 0 amide bonds. The normalized spacial score (nSPS) is 16.8. The first-order valence-electron chi connectivity index (χ1n) is 10.6. The number of benzene rings is 2. The Hall–Kier alpha value is -1.81. The predicted molar refractivity (Wildman–Crippen MR) is 139 cm³/mol. The molecule has 0 saturated carbocycles. The second-order valence-corrected chi connectivity index (χ2v) is 12.0. The maximum atomic E-state index is 11.9. The van der Waals surface area contributed by atoms with Crippen LogP contribution in [0.1, 0.15) is 36.9 Å². The van der Waals surface area contributed by atoms with Crippen molar-refractivity contribution in [1.82, 2.24) is 0 Å². The zero-order chi connectivity index (χ0) is 23.3. The number of nitrogen functional groups attached to an aromatic ring is 1. The Morgan fingerprint density at radius 2 is 2.12 bits per heavy atom. The van der Waals surface area contributed by atoms with Gasteiger partial charge in [0.15, 0.2) is 9.84 Å². The number of thiocarbonyl (C=S) groups is 1. The monoisotopic (exact) mass is 493 g/mol. The Morgan fingerprint density at radius 3 is 2.84 bits per heavy atom. The van der Waals surface area contributed by atoms with Gasteiger partial charge >= 0.3 is 0 Å². The number of rotatable bonds is 8. The van der Waals surface area contributed by atoms with Gasteiger partial charge in [0.1, 0.15) is 4.32 Å². The highest BCUT2D eigenvalue weighted by Crippen LogP contribution is 2.39. The maximum absolute atomic E-state index is 11.9. The number of hydrogen-bond donors (Lipinski definition) is 3. The van der Waals surface area contributed by atoms with E-state index in [9.17, 15) is 8.42 Å². The Balaban J connectivity index is 1.74. The Kier molecular flexibility index (Phi) is 8.43. The second-order valence-electron chi connectivity index (χ2n) is 8.27. The molecule has 1 aliphatic carbocycles. The summed E-state index contributed by atoms with van der Waals surface area (Å²) in [5, 5.41) is 6.79. The van der Waals surface area contributed by atoms with Gasteiger partial charge in [-0.15, -0.1) is 0 Å². The van der Waals surface area contributed by atoms with Gasteiger partial charge < -0.3 is 21.1 Å². The lowest BCUT2D eigenvalue weighted by molar-refractivity contribution is 0.168. The maximum Gasteiger partial charge on any atom is 0.175 e. The van der Waals surface area contributed by atoms with E-state index in [1.54, 1.807) is 37.1 Å². The van der Waals surface area contributed by atoms with Gasteiger partial charge in [0.2, 0.25) is 0 Å². The number of sulfone groups is 1. The molecule has 0 bridgehead atoms. The fourth-order valence-corrected chi connectivity index (χ4v) is 5.59. The molecular weight excluding hydrogens is 462 g/mol. The van der Waals surface area contributed by atoms with Crippen molar-refractivity contribution in [2.75, 3.05) is 42.1 Å². The van der Waals surface area contributed by atoms with Crippen molar-refractivity contribution in [3.63, 3.8) is 0 Å². The predicted octanol–water partition coefficient (Wildman–Crippen LogP) is 4.87. The molecular formula is C23H31N3O3S3. The van der Waals surface area contributed by atoms with Crippen molar-refractivity contribution < 1.29 is 13.2 Å². The Bertz CT molecular complexity index is 1070. The minimum atomic E-state index is -3.25. The van der Waals surface area contributed by atoms with Gasteiger partial charge in [-0.3, -0.25) is 0 Å². The lowest BCUT2D eigenvalue weighted by atomic mass is 9.86. The summed E-state index contributed by atoms with van der Waals surface area (Å²) in [6.07, 6.45) is 4.08. The van der Waals surface area contributed by atoms with Crippen LogP contribution in [0.4, 0.5) is 17.1 Å². The quantitative estimate of drug-likeness (QED) is 0.354. The summed E-state index contributed by atoms with van der Waals surface area (Å²) in [5.74, 6) is 1.29. The Labute approximate surface area is 200 Å². The van der Waals surface area contributed by atoms with Crippen LogP contribution in [0.5, 0.6) is 0 Å². The topological polar surface area (TPSA) is 93.4 Å². The number of nitrogens with one attached hydrogen (secondary N) is 2. The van der Waals surface area contributed by atoms with Gasteiger partial charge in [-0.05, 0) is 60.6 Å². The lowest BCUT2D eigenvalue weighted by Crippen LogP contribution is -2.20. The van der Waals surface area contributed by atoms with E-state index in [1.807, 2.05) is 12.1 Å². The van der Waals surface area contributed by atoms with Crippen molar-refractivity contribution in [1.29, 1.82) is 0 Å². The molecule has 0 saturated heterocycles. The molecule has 9 heteroatoms. The number of thioether (sulfide) groups is 1. The van der Waals surface area contributed by atoms with Crippen LogP contribution in [-0.4, -0.2) is 38.5 Å². The molecule has 1 aliphatic rings. The molecule has 32 heavy (non-hydrogen) atoms. The smallest absolute Gasteiger partial charge is 0.175 e. The van der Waals surface area contributed by atoms with Crippen LogP contribution < -0.4 is 16.4 Å². The summed E-state index contributed by atoms with van der Waals surface area (Å²) in [6, 6.07) is 11.1. The fourth-order valence-electron chi connectivity index (χ4n) is 3.90. The molecule has 0 heterocycles. The van der Waals surface area contributed by atoms with E-state index in [-0.39, 0.29) is 6.04 Å². The van der Waals surface area contributed by atoms with Crippen molar-refractivity contribution in [3.8, 4) is 0 Å². The minimum absolute atomic E-state index is 0.0705. The zero-order valence-electron chi connectivity index (χ0n) is 18.7. The summed E-state index contributed by atoms with van der Waals surface area (Å²) in [4.78, 5) is 0.309. The zero-order valence-corrected chi connectivity index (χ0v) is 21.1. The fraction of sp³-hybridized carbons (Fsp3) is 0.435. The molecule has 0 aromatic heterocycles. The molecule has 3 rings (SSSR count). The minimum Gasteiger partial charge on any atom is -0.397 e. The third-order valence-electron chi connectivity index (χ3n) is 5.48. The first kappa shape index (κ1) is 24.8. The molecule has 2 aromatic rings. The standard InChI is InChI=1S/C23H31N3O3S3/c1-15(13-29-2)14-31-23(30)26-21-11-10-18-19(22(21)24)8-5-9-20(18)25-16-6-4-7-17(12-16)32(3,27)28/h4,6-7,10-12,15,20,25H,5,8-9,13-14,24H2,1-3H3,(H,26,30). The number of ether oxygens (including phenoxy) is 1. The average molecular weight is 494 g/mol. The van der Waals surface area contributed by atoms with Crippen LogP contribution in [0.15, 0.2) is 41.3 Å². The molecule has 2 unspecified atom stereocenters. The summed E-state index contributed by atoms with van der Waals surface area (Å²) in [5.41, 5.74) is 11.2. The van der Waals surface area contributed by atoms with Gasteiger partial charge in [0.05, 0.1) is 22.3 Å². The summed E-state index contributed by atoms with van der Waals surface area (Å²) in [7, 11) is -1.55. The van der Waals surface area contributed by atoms with Gasteiger partial charge in [0.25, 0.3) is 0 Å². The number of methoxy groups -OCH3 is 1. The van der Waals surface area contributed by atoms with Crippen LogP contribution in [0.2, 0.25) is 0 Å². The molecule has 6 nitrogen and oxygen atoms in total. The average Bonchev–Trinajstić information content (AvgIpc) is 2.74. The highest BCUT2D eigenvalue weighted by molar-refractivity contribution is 8.23. The largest absolute Gasteiger partial charge is 0.397 e. The Morgan fingerprint density at radius 1 is 1.34 bits per heavy atom. The first-order chi connectivity index (χ1) is 15.2. The molecule has 174 valence electrons. The van der Waals surface area contributed by atoms with Gasteiger partial charge in [-0.1, -0.05) is 43.0 Å². The van der Waals surface area contributed by atoms with Gasteiger partial charge in [-0.25, -0.2) is 8.42 Å². The molecule has 2 aromatic carbocycles. The van der Waals surface area contributed by atoms with Crippen LogP contribution in [0.25, 0.3) is 0 Å². The number of anilines is 3. The van der Waals surface area contributed by atoms with E-state index < -0.39 is 9.84 Å². The first-order valence-corrected chi connectivity index (χ1v) is 13.9. The van der Waals surface area contributed by atoms with Crippen LogP contribution >= 0.6 is 24.0 Å². The van der Waals surface area contributed by atoms with Crippen molar-refractivity contribution in [3.05, 3.63) is 47.5 Å². The molecule has 0 radical (unpaired) electrons. The number of fused-ring (bicyclic) bond motifs is 1. The molecule has 0 fully saturated rings. The SMILES string of the molecule is COCC(C)CSC(=S)Nc1ccc2c(c1N)CCCC2Nc1cccc(S(C)(=O)=O)c1. The van der Waals surface area contributed by atoms with Crippen molar-refractivity contribution in [2.45, 2.75) is 37.1 Å². The third-order valence-corrected chi connectivity index (χ3v) is 8.14. The number of hydrogen-bond acceptors (Lipinski definition) is 7. The lowest BCUT2D eigenvalue weighted by Gasteiger charge is -2.29. The van der Waals surface area contributed by atoms with E-state index in [0.29, 0.717) is 21.7 Å². The molecule has 2 atom stereocenters. The summed E-state index contributed by atoms with van der Waals surface area (Å²) >= 11 is 7.09. The molecule has 4 N–H and O–H groups in total. The second kappa shape index (κ2) is 10.9. The summed E-state index contributed by atoms with van der Waals surface area (Å²) < 4.78 is 29.7.